The first-order valence-electron chi connectivity index (χ1n) is 11.9. The molecule has 8 nitrogen and oxygen atoms in total. The molecule has 4 rings (SSSR count). The highest BCUT2D eigenvalue weighted by atomic mass is 19.1. The number of nitrogens with zero attached hydrogens (tertiary/aromatic N) is 5. The minimum absolute atomic E-state index is 0.213. The van der Waals surface area contributed by atoms with E-state index in [1.54, 1.807) is 36.2 Å². The maximum atomic E-state index is 13.6. The van der Waals surface area contributed by atoms with E-state index >= 15 is 0 Å². The molecule has 3 heterocycles. The summed E-state index contributed by atoms with van der Waals surface area (Å²) in [5.41, 5.74) is 3.77. The van der Waals surface area contributed by atoms with Crippen LogP contribution in [0.4, 0.5) is 9.18 Å². The Labute approximate surface area is 209 Å². The highest BCUT2D eigenvalue weighted by molar-refractivity contribution is 5.77. The van der Waals surface area contributed by atoms with E-state index in [9.17, 15) is 14.4 Å². The summed E-state index contributed by atoms with van der Waals surface area (Å²) in [5.74, 6) is -0.142. The zero-order chi connectivity index (χ0) is 25.5. The summed E-state index contributed by atoms with van der Waals surface area (Å²) in [7, 11) is 0. The van der Waals surface area contributed by atoms with Crippen molar-refractivity contribution in [3.63, 3.8) is 0 Å². The Morgan fingerprint density at radius 3 is 2.58 bits per heavy atom. The van der Waals surface area contributed by atoms with E-state index in [2.05, 4.69) is 20.9 Å². The van der Waals surface area contributed by atoms with Crippen LogP contribution in [-0.4, -0.2) is 71.8 Å². The van der Waals surface area contributed by atoms with Gasteiger partial charge in [0.2, 0.25) is 5.88 Å². The van der Waals surface area contributed by atoms with Crippen LogP contribution in [0.3, 0.4) is 0 Å². The van der Waals surface area contributed by atoms with Crippen LogP contribution in [0.25, 0.3) is 22.5 Å². The molecule has 1 saturated heterocycles. The number of carbonyl (C=O) groups is 1. The summed E-state index contributed by atoms with van der Waals surface area (Å²) in [6.45, 7) is 7.60. The van der Waals surface area contributed by atoms with Crippen LogP contribution in [0.2, 0.25) is 0 Å². The number of pyridine rings is 2. The molecule has 0 unspecified atom stereocenters. The molecule has 36 heavy (non-hydrogen) atoms. The number of carbonyl (C=O) groups excluding carboxylic acids is 1. The standard InChI is InChI=1S/C27H28FN5O3/c1-3-35-27(34)33-13-11-32(12-14-33)15-16-36-26-23(18-29)22(20-6-8-21(28)9-7-20)17-24(31-26)25-19(2)5-4-10-30-25/h4-10,17H,3,11-16H2,1-2H3. The van der Waals surface area contributed by atoms with Crippen LogP contribution in [0.15, 0.2) is 48.7 Å². The average molecular weight is 490 g/mol. The minimum atomic E-state index is -0.355. The Bertz CT molecular complexity index is 1250. The number of nitriles is 1. The van der Waals surface area contributed by atoms with Crippen molar-refractivity contribution >= 4 is 6.09 Å². The fraction of sp³-hybridized carbons (Fsp3) is 0.333. The summed E-state index contributed by atoms with van der Waals surface area (Å²) >= 11 is 0. The third kappa shape index (κ3) is 5.78. The number of hydrogen-bond acceptors (Lipinski definition) is 7. The summed E-state index contributed by atoms with van der Waals surface area (Å²) in [6.07, 6.45) is 1.40. The van der Waals surface area contributed by atoms with Crippen molar-refractivity contribution in [1.82, 2.24) is 19.8 Å². The Hall–Kier alpha value is -4.03. The van der Waals surface area contributed by atoms with E-state index in [1.807, 2.05) is 19.1 Å². The fourth-order valence-corrected chi connectivity index (χ4v) is 4.11. The lowest BCUT2D eigenvalue weighted by Crippen LogP contribution is -2.49. The minimum Gasteiger partial charge on any atom is -0.475 e. The Morgan fingerprint density at radius 1 is 1.17 bits per heavy atom. The number of hydrogen-bond donors (Lipinski definition) is 0. The number of benzene rings is 1. The molecule has 0 aliphatic carbocycles. The molecule has 1 fully saturated rings. The van der Waals surface area contributed by atoms with Crippen molar-refractivity contribution < 1.29 is 18.7 Å². The first-order valence-corrected chi connectivity index (χ1v) is 11.9. The van der Waals surface area contributed by atoms with Gasteiger partial charge < -0.3 is 14.4 Å². The number of piperazine rings is 1. The molecule has 0 N–H and O–H groups in total. The summed E-state index contributed by atoms with van der Waals surface area (Å²) in [6, 6.07) is 13.8. The third-order valence-electron chi connectivity index (χ3n) is 6.05. The van der Waals surface area contributed by atoms with Crippen molar-refractivity contribution in [2.75, 3.05) is 45.9 Å². The number of halogens is 1. The maximum Gasteiger partial charge on any atom is 0.409 e. The highest BCUT2D eigenvalue weighted by Crippen LogP contribution is 2.33. The molecular formula is C27H28FN5O3. The molecule has 0 bridgehead atoms. The fourth-order valence-electron chi connectivity index (χ4n) is 4.11. The van der Waals surface area contributed by atoms with Crippen LogP contribution in [0.5, 0.6) is 5.88 Å². The topological polar surface area (TPSA) is 91.6 Å². The molecule has 0 saturated carbocycles. The highest BCUT2D eigenvalue weighted by Gasteiger charge is 2.22. The van der Waals surface area contributed by atoms with E-state index in [0.29, 0.717) is 68.5 Å². The lowest BCUT2D eigenvalue weighted by atomic mass is 9.99. The van der Waals surface area contributed by atoms with Gasteiger partial charge in [0.05, 0.1) is 18.0 Å². The van der Waals surface area contributed by atoms with Gasteiger partial charge >= 0.3 is 6.09 Å². The number of aromatic nitrogens is 2. The van der Waals surface area contributed by atoms with Crippen LogP contribution in [0.1, 0.15) is 18.1 Å². The SMILES string of the molecule is CCOC(=O)N1CCN(CCOc2nc(-c3ncccc3C)cc(-c3ccc(F)cc3)c2C#N)CC1. The lowest BCUT2D eigenvalue weighted by Gasteiger charge is -2.33. The number of amides is 1. The van der Waals surface area contributed by atoms with Gasteiger partial charge in [0.15, 0.2) is 0 Å². The van der Waals surface area contributed by atoms with Gasteiger partial charge in [-0.2, -0.15) is 5.26 Å². The Balaban J connectivity index is 1.55. The van der Waals surface area contributed by atoms with E-state index in [1.165, 1.54) is 12.1 Å². The summed E-state index contributed by atoms with van der Waals surface area (Å²) < 4.78 is 24.7. The maximum absolute atomic E-state index is 13.6. The smallest absolute Gasteiger partial charge is 0.409 e. The predicted octanol–water partition coefficient (Wildman–Crippen LogP) is 4.28. The van der Waals surface area contributed by atoms with Gasteiger partial charge in [-0.25, -0.2) is 14.2 Å². The molecule has 1 aliphatic heterocycles. The van der Waals surface area contributed by atoms with Gasteiger partial charge in [-0.3, -0.25) is 9.88 Å². The van der Waals surface area contributed by atoms with Gasteiger partial charge in [0, 0.05) is 44.5 Å². The molecule has 1 amide bonds. The van der Waals surface area contributed by atoms with Gasteiger partial charge in [-0.1, -0.05) is 18.2 Å². The van der Waals surface area contributed by atoms with Gasteiger partial charge in [-0.15, -0.1) is 0 Å². The number of ether oxygens (including phenoxy) is 2. The van der Waals surface area contributed by atoms with E-state index < -0.39 is 0 Å². The van der Waals surface area contributed by atoms with Crippen LogP contribution in [0, 0.1) is 24.1 Å². The third-order valence-corrected chi connectivity index (χ3v) is 6.05. The molecule has 0 spiro atoms. The van der Waals surface area contributed by atoms with Crippen molar-refractivity contribution in [3.05, 3.63) is 65.6 Å². The second-order valence-electron chi connectivity index (χ2n) is 8.40. The van der Waals surface area contributed by atoms with E-state index in [4.69, 9.17) is 9.47 Å². The monoisotopic (exact) mass is 489 g/mol. The second kappa shape index (κ2) is 11.6. The van der Waals surface area contributed by atoms with Gasteiger partial charge in [0.25, 0.3) is 0 Å². The normalized spacial score (nSPS) is 13.8. The Kier molecular flexibility index (Phi) is 8.08. The number of aryl methyl sites for hydroxylation is 1. The predicted molar refractivity (Wildman–Crippen MR) is 133 cm³/mol. The number of rotatable bonds is 7. The van der Waals surface area contributed by atoms with Crippen molar-refractivity contribution in [2.45, 2.75) is 13.8 Å². The van der Waals surface area contributed by atoms with Crippen LogP contribution >= 0.6 is 0 Å². The molecule has 9 heteroatoms. The van der Waals surface area contributed by atoms with E-state index in [-0.39, 0.29) is 23.4 Å². The Morgan fingerprint density at radius 2 is 1.92 bits per heavy atom. The largest absolute Gasteiger partial charge is 0.475 e. The molecule has 186 valence electrons. The first kappa shape index (κ1) is 25.1. The van der Waals surface area contributed by atoms with Crippen molar-refractivity contribution in [1.29, 1.82) is 5.26 Å². The zero-order valence-electron chi connectivity index (χ0n) is 20.4. The molecule has 0 atom stereocenters. The van der Waals surface area contributed by atoms with Gasteiger partial charge in [0.1, 0.15) is 24.1 Å². The quantitative estimate of drug-likeness (QED) is 0.489. The van der Waals surface area contributed by atoms with Gasteiger partial charge in [-0.05, 0) is 49.2 Å². The first-order chi connectivity index (χ1) is 17.5. The summed E-state index contributed by atoms with van der Waals surface area (Å²) in [5, 5.41) is 9.98. The van der Waals surface area contributed by atoms with E-state index in [0.717, 1.165) is 5.56 Å². The zero-order valence-corrected chi connectivity index (χ0v) is 20.4. The molecule has 3 aromatic rings. The second-order valence-corrected chi connectivity index (χ2v) is 8.40. The van der Waals surface area contributed by atoms with Crippen molar-refractivity contribution in [3.8, 4) is 34.5 Å². The molecule has 2 aromatic heterocycles. The molecule has 1 aromatic carbocycles. The lowest BCUT2D eigenvalue weighted by molar-refractivity contribution is 0.0755. The average Bonchev–Trinajstić information content (AvgIpc) is 2.89. The van der Waals surface area contributed by atoms with Crippen LogP contribution in [-0.2, 0) is 4.74 Å². The van der Waals surface area contributed by atoms with Crippen molar-refractivity contribution in [2.24, 2.45) is 0 Å². The summed E-state index contributed by atoms with van der Waals surface area (Å²) in [4.78, 5) is 24.9. The van der Waals surface area contributed by atoms with Crippen LogP contribution < -0.4 is 4.74 Å². The molecular weight excluding hydrogens is 461 g/mol. The molecule has 0 radical (unpaired) electrons. The molecule has 1 aliphatic rings.